The number of anilines is 2. The van der Waals surface area contributed by atoms with E-state index in [1.807, 2.05) is 37.3 Å². The molecular formula is C13H16ClN5. The highest BCUT2D eigenvalue weighted by Gasteiger charge is 2.11. The monoisotopic (exact) mass is 277 g/mol. The lowest BCUT2D eigenvalue weighted by Gasteiger charge is -2.15. The van der Waals surface area contributed by atoms with E-state index in [4.69, 9.17) is 17.3 Å². The molecule has 0 aliphatic rings. The number of hydrogen-bond acceptors (Lipinski definition) is 5. The van der Waals surface area contributed by atoms with Gasteiger partial charge in [-0.05, 0) is 19.4 Å². The summed E-state index contributed by atoms with van der Waals surface area (Å²) in [5.41, 5.74) is 6.79. The lowest BCUT2D eigenvalue weighted by molar-refractivity contribution is 0.828. The number of rotatable bonds is 4. The quantitative estimate of drug-likeness (QED) is 0.840. The van der Waals surface area contributed by atoms with Crippen LogP contribution in [-0.4, -0.2) is 15.0 Å². The topological polar surface area (TPSA) is 76.7 Å². The van der Waals surface area contributed by atoms with Gasteiger partial charge in [0.05, 0.1) is 11.4 Å². The number of nitrogens with zero attached hydrogens (tertiary/aromatic N) is 3. The summed E-state index contributed by atoms with van der Waals surface area (Å²) in [6.07, 6.45) is 0. The fourth-order valence-electron chi connectivity index (χ4n) is 1.67. The lowest BCUT2D eigenvalue weighted by Crippen LogP contribution is -2.13. The molecule has 0 aliphatic carbocycles. The van der Waals surface area contributed by atoms with E-state index < -0.39 is 0 Å². The predicted octanol–water partition coefficient (Wildman–Crippen LogP) is 2.93. The van der Waals surface area contributed by atoms with Gasteiger partial charge in [-0.3, -0.25) is 0 Å². The Morgan fingerprint density at radius 1 is 1.11 bits per heavy atom. The molecule has 0 saturated heterocycles. The van der Waals surface area contributed by atoms with Gasteiger partial charge >= 0.3 is 0 Å². The van der Waals surface area contributed by atoms with Crippen molar-refractivity contribution in [3.63, 3.8) is 0 Å². The molecule has 0 aliphatic heterocycles. The van der Waals surface area contributed by atoms with Crippen molar-refractivity contribution in [3.05, 3.63) is 41.7 Å². The summed E-state index contributed by atoms with van der Waals surface area (Å²) >= 11 is 5.96. The van der Waals surface area contributed by atoms with E-state index >= 15 is 0 Å². The van der Waals surface area contributed by atoms with Crippen LogP contribution in [0.4, 0.5) is 11.9 Å². The summed E-state index contributed by atoms with van der Waals surface area (Å²) in [5.74, 6) is 1.07. The molecule has 0 amide bonds. The molecule has 5 nitrogen and oxygen atoms in total. The van der Waals surface area contributed by atoms with Crippen LogP contribution in [0, 0.1) is 0 Å². The van der Waals surface area contributed by atoms with Gasteiger partial charge in [-0.1, -0.05) is 30.3 Å². The second-order valence-corrected chi connectivity index (χ2v) is 4.92. The number of hydrogen-bond donors (Lipinski definition) is 2. The highest BCUT2D eigenvalue weighted by atomic mass is 35.5. The molecule has 1 aromatic carbocycles. The Labute approximate surface area is 117 Å². The fraction of sp³-hybridized carbons (Fsp3) is 0.308. The number of aromatic nitrogens is 3. The second-order valence-electron chi connectivity index (χ2n) is 4.27. The normalized spacial score (nSPS) is 13.8. The first kappa shape index (κ1) is 13.5. The van der Waals surface area contributed by atoms with Crippen molar-refractivity contribution in [1.29, 1.82) is 0 Å². The van der Waals surface area contributed by atoms with Crippen molar-refractivity contribution in [2.24, 2.45) is 0 Å². The van der Waals surface area contributed by atoms with E-state index in [9.17, 15) is 0 Å². The summed E-state index contributed by atoms with van der Waals surface area (Å²) in [6, 6.07) is 10.1. The number of nitrogens with two attached hydrogens (primary N) is 1. The summed E-state index contributed by atoms with van der Waals surface area (Å²) < 4.78 is 0. The van der Waals surface area contributed by atoms with Crippen LogP contribution in [0.3, 0.4) is 0 Å². The van der Waals surface area contributed by atoms with Gasteiger partial charge in [-0.2, -0.15) is 15.0 Å². The maximum atomic E-state index is 5.96. The van der Waals surface area contributed by atoms with E-state index in [0.29, 0.717) is 11.8 Å². The highest BCUT2D eigenvalue weighted by molar-refractivity contribution is 6.20. The van der Waals surface area contributed by atoms with Crippen LogP contribution in [0.25, 0.3) is 0 Å². The molecule has 3 N–H and O–H groups in total. The Morgan fingerprint density at radius 3 is 2.42 bits per heavy atom. The number of nitrogen functional groups attached to an aromatic ring is 1. The van der Waals surface area contributed by atoms with E-state index in [1.165, 1.54) is 0 Å². The number of alkyl halides is 1. The zero-order valence-electron chi connectivity index (χ0n) is 10.8. The molecule has 0 radical (unpaired) electrons. The Balaban J connectivity index is 2.19. The van der Waals surface area contributed by atoms with Crippen LogP contribution in [0.5, 0.6) is 0 Å². The minimum absolute atomic E-state index is 0.0708. The smallest absolute Gasteiger partial charge is 0.228 e. The zero-order chi connectivity index (χ0) is 13.8. The van der Waals surface area contributed by atoms with Crippen LogP contribution >= 0.6 is 11.6 Å². The third-order valence-corrected chi connectivity index (χ3v) is 2.87. The van der Waals surface area contributed by atoms with Crippen molar-refractivity contribution in [2.45, 2.75) is 25.3 Å². The molecule has 2 atom stereocenters. The van der Waals surface area contributed by atoms with Crippen LogP contribution in [-0.2, 0) is 0 Å². The minimum atomic E-state index is -0.308. The molecule has 1 aromatic heterocycles. The van der Waals surface area contributed by atoms with E-state index in [1.54, 1.807) is 6.92 Å². The van der Waals surface area contributed by atoms with E-state index in [-0.39, 0.29) is 17.4 Å². The number of benzene rings is 1. The first-order chi connectivity index (χ1) is 9.06. The molecule has 0 spiro atoms. The van der Waals surface area contributed by atoms with E-state index in [0.717, 1.165) is 5.56 Å². The van der Waals surface area contributed by atoms with Gasteiger partial charge in [0, 0.05) is 0 Å². The van der Waals surface area contributed by atoms with Crippen molar-refractivity contribution in [3.8, 4) is 0 Å². The van der Waals surface area contributed by atoms with Crippen molar-refractivity contribution in [2.75, 3.05) is 11.1 Å². The molecule has 1 heterocycles. The molecule has 6 heteroatoms. The summed E-state index contributed by atoms with van der Waals surface area (Å²) in [4.78, 5) is 12.3. The largest absolute Gasteiger partial charge is 0.368 e. The zero-order valence-corrected chi connectivity index (χ0v) is 11.6. The van der Waals surface area contributed by atoms with Gasteiger partial charge in [-0.15, -0.1) is 11.6 Å². The Kier molecular flexibility index (Phi) is 4.16. The average Bonchev–Trinajstić information content (AvgIpc) is 2.39. The highest BCUT2D eigenvalue weighted by Crippen LogP contribution is 2.20. The molecule has 0 saturated carbocycles. The van der Waals surface area contributed by atoms with Crippen LogP contribution in [0.1, 0.15) is 36.7 Å². The SMILES string of the molecule is C[C@H](Cl)c1nc(N)nc(N[C@@H](C)c2ccccc2)n1. The van der Waals surface area contributed by atoms with Crippen LogP contribution < -0.4 is 11.1 Å². The molecule has 0 unspecified atom stereocenters. The first-order valence-electron chi connectivity index (χ1n) is 6.03. The minimum Gasteiger partial charge on any atom is -0.368 e. The van der Waals surface area contributed by atoms with Crippen molar-refractivity contribution >= 4 is 23.5 Å². The Morgan fingerprint density at radius 2 is 1.79 bits per heavy atom. The van der Waals surface area contributed by atoms with Gasteiger partial charge in [0.25, 0.3) is 0 Å². The maximum Gasteiger partial charge on any atom is 0.228 e. The predicted molar refractivity (Wildman–Crippen MR) is 77.0 cm³/mol. The lowest BCUT2D eigenvalue weighted by atomic mass is 10.1. The fourth-order valence-corrected chi connectivity index (χ4v) is 1.77. The standard InChI is InChI=1S/C13H16ClN5/c1-8(14)11-17-12(15)19-13(18-11)16-9(2)10-6-4-3-5-7-10/h3-9H,1-2H3,(H3,15,16,17,18,19)/t8-,9-/m0/s1. The number of halogens is 1. The van der Waals surface area contributed by atoms with Gasteiger partial charge < -0.3 is 11.1 Å². The Bertz CT molecular complexity index is 544. The third kappa shape index (κ3) is 3.54. The van der Waals surface area contributed by atoms with Crippen molar-refractivity contribution < 1.29 is 0 Å². The van der Waals surface area contributed by atoms with Gasteiger partial charge in [0.2, 0.25) is 11.9 Å². The molecular weight excluding hydrogens is 262 g/mol. The molecule has 0 bridgehead atoms. The van der Waals surface area contributed by atoms with Crippen LogP contribution in [0.2, 0.25) is 0 Å². The van der Waals surface area contributed by atoms with Crippen molar-refractivity contribution in [1.82, 2.24) is 15.0 Å². The molecule has 100 valence electrons. The molecule has 19 heavy (non-hydrogen) atoms. The first-order valence-corrected chi connectivity index (χ1v) is 6.47. The average molecular weight is 278 g/mol. The maximum absolute atomic E-state index is 5.96. The molecule has 2 aromatic rings. The third-order valence-electron chi connectivity index (χ3n) is 2.67. The van der Waals surface area contributed by atoms with Crippen LogP contribution in [0.15, 0.2) is 30.3 Å². The number of nitrogens with one attached hydrogen (secondary N) is 1. The Hall–Kier alpha value is -1.88. The summed E-state index contributed by atoms with van der Waals surface area (Å²) in [5, 5.41) is 2.89. The van der Waals surface area contributed by atoms with E-state index in [2.05, 4.69) is 20.3 Å². The second kappa shape index (κ2) is 5.84. The summed E-state index contributed by atoms with van der Waals surface area (Å²) in [6.45, 7) is 3.82. The summed E-state index contributed by atoms with van der Waals surface area (Å²) in [7, 11) is 0. The van der Waals surface area contributed by atoms with Gasteiger partial charge in [0.1, 0.15) is 0 Å². The molecule has 0 fully saturated rings. The van der Waals surface area contributed by atoms with Gasteiger partial charge in [0.15, 0.2) is 5.82 Å². The molecule has 2 rings (SSSR count). The van der Waals surface area contributed by atoms with Gasteiger partial charge in [-0.25, -0.2) is 0 Å².